The molecule has 1 unspecified atom stereocenters. The van der Waals surface area contributed by atoms with Crippen LogP contribution < -0.4 is 4.74 Å². The molecule has 0 heterocycles. The van der Waals surface area contributed by atoms with E-state index in [1.165, 1.54) is 12.1 Å². The van der Waals surface area contributed by atoms with E-state index >= 15 is 0 Å². The molecule has 0 saturated heterocycles. The molecule has 4 nitrogen and oxygen atoms in total. The number of carboxylic acids is 1. The average molecular weight is 598 g/mol. The predicted octanol–water partition coefficient (Wildman–Crippen LogP) is 8.25. The van der Waals surface area contributed by atoms with Crippen LogP contribution in [0, 0.1) is 0 Å². The molecule has 0 aliphatic rings. The zero-order chi connectivity index (χ0) is 29.2. The van der Waals surface area contributed by atoms with Crippen molar-refractivity contribution in [3.8, 4) is 5.75 Å². The second-order valence-corrected chi connectivity index (χ2v) is 10.2. The number of carbonyl (C=O) groups is 1. The van der Waals surface area contributed by atoms with Crippen LogP contribution >= 0.6 is 12.4 Å². The van der Waals surface area contributed by atoms with Gasteiger partial charge in [-0.1, -0.05) is 91.0 Å². The molecule has 42 heavy (non-hydrogen) atoms. The maximum Gasteiger partial charge on any atom is 0.416 e. The molecule has 4 rings (SSSR count). The fourth-order valence-corrected chi connectivity index (χ4v) is 4.93. The number of halogens is 4. The van der Waals surface area contributed by atoms with Gasteiger partial charge < -0.3 is 9.84 Å². The molecule has 1 atom stereocenters. The number of nitrogens with zero attached hydrogens (tertiary/aromatic N) is 1. The van der Waals surface area contributed by atoms with Gasteiger partial charge in [-0.2, -0.15) is 13.2 Å². The predicted molar refractivity (Wildman–Crippen MR) is 161 cm³/mol. The molecule has 0 saturated carbocycles. The Kier molecular flexibility index (Phi) is 12.0. The molecular formula is C34H35ClF3NO3. The first-order valence-corrected chi connectivity index (χ1v) is 13.6. The van der Waals surface area contributed by atoms with Crippen LogP contribution in [0.3, 0.4) is 0 Å². The molecule has 0 aromatic heterocycles. The summed E-state index contributed by atoms with van der Waals surface area (Å²) in [5.74, 6) is -0.300. The number of hydrogen-bond donors (Lipinski definition) is 1. The van der Waals surface area contributed by atoms with E-state index in [2.05, 4.69) is 29.2 Å². The van der Waals surface area contributed by atoms with Crippen LogP contribution in [0.1, 0.15) is 47.1 Å². The molecule has 0 spiro atoms. The third-order valence-electron chi connectivity index (χ3n) is 6.95. The molecule has 4 aromatic rings. The Bertz CT molecular complexity index is 1360. The zero-order valence-corrected chi connectivity index (χ0v) is 24.2. The number of carboxylic acid groups (broad SMARTS) is 1. The van der Waals surface area contributed by atoms with Gasteiger partial charge in [-0.3, -0.25) is 9.69 Å². The van der Waals surface area contributed by atoms with Gasteiger partial charge >= 0.3 is 12.1 Å². The van der Waals surface area contributed by atoms with Crippen LogP contribution in [-0.2, 0) is 23.9 Å². The molecule has 8 heteroatoms. The topological polar surface area (TPSA) is 49.8 Å². The monoisotopic (exact) mass is 597 g/mol. The van der Waals surface area contributed by atoms with Crippen molar-refractivity contribution in [3.63, 3.8) is 0 Å². The van der Waals surface area contributed by atoms with Crippen molar-refractivity contribution in [2.24, 2.45) is 0 Å². The lowest BCUT2D eigenvalue weighted by Gasteiger charge is -2.30. The number of alkyl halides is 3. The highest BCUT2D eigenvalue weighted by atomic mass is 35.5. The van der Waals surface area contributed by atoms with E-state index in [0.29, 0.717) is 42.9 Å². The van der Waals surface area contributed by atoms with E-state index in [1.807, 2.05) is 43.3 Å². The minimum Gasteiger partial charge on any atom is -0.491 e. The van der Waals surface area contributed by atoms with Crippen LogP contribution in [-0.4, -0.2) is 35.2 Å². The van der Waals surface area contributed by atoms with E-state index in [4.69, 9.17) is 9.84 Å². The summed E-state index contributed by atoms with van der Waals surface area (Å²) in [5, 5.41) is 9.10. The van der Waals surface area contributed by atoms with Gasteiger partial charge in [0.1, 0.15) is 5.75 Å². The van der Waals surface area contributed by atoms with Crippen LogP contribution in [0.5, 0.6) is 5.75 Å². The second kappa shape index (κ2) is 15.4. The van der Waals surface area contributed by atoms with Crippen molar-refractivity contribution >= 4 is 18.4 Å². The van der Waals surface area contributed by atoms with Gasteiger partial charge in [0.05, 0.1) is 18.1 Å². The van der Waals surface area contributed by atoms with Crippen LogP contribution in [0.15, 0.2) is 109 Å². The number of ether oxygens (including phenoxy) is 1. The maximum atomic E-state index is 13.5. The van der Waals surface area contributed by atoms with Crippen molar-refractivity contribution < 1.29 is 27.8 Å². The van der Waals surface area contributed by atoms with Crippen molar-refractivity contribution in [1.82, 2.24) is 4.90 Å². The van der Waals surface area contributed by atoms with E-state index in [-0.39, 0.29) is 30.8 Å². The van der Waals surface area contributed by atoms with Crippen LogP contribution in [0.2, 0.25) is 0 Å². The molecular weight excluding hydrogens is 563 g/mol. The van der Waals surface area contributed by atoms with Crippen LogP contribution in [0.25, 0.3) is 0 Å². The molecule has 0 fully saturated rings. The SMILES string of the molecule is CC(CCN(Cc1cccc(C(F)(F)F)c1)CC(c1ccccc1)c1ccccc1)Oc1cccc(CC(=O)O)c1.Cl. The summed E-state index contributed by atoms with van der Waals surface area (Å²) >= 11 is 0. The van der Waals surface area contributed by atoms with Crippen molar-refractivity contribution in [2.75, 3.05) is 13.1 Å². The summed E-state index contributed by atoms with van der Waals surface area (Å²) in [6, 6.07) is 32.8. The zero-order valence-electron chi connectivity index (χ0n) is 23.3. The molecule has 1 N–H and O–H groups in total. The molecule has 0 aliphatic carbocycles. The third-order valence-corrected chi connectivity index (χ3v) is 6.95. The van der Waals surface area contributed by atoms with Gasteiger partial charge in [-0.05, 0) is 53.8 Å². The lowest BCUT2D eigenvalue weighted by atomic mass is 9.90. The smallest absolute Gasteiger partial charge is 0.416 e. The minimum absolute atomic E-state index is 0. The van der Waals surface area contributed by atoms with Crippen molar-refractivity contribution in [3.05, 3.63) is 137 Å². The van der Waals surface area contributed by atoms with Gasteiger partial charge in [0.25, 0.3) is 0 Å². The summed E-state index contributed by atoms with van der Waals surface area (Å²) in [6.07, 6.45) is -4.07. The second-order valence-electron chi connectivity index (χ2n) is 10.2. The summed E-state index contributed by atoms with van der Waals surface area (Å²) in [5.41, 5.74) is 2.85. The Morgan fingerprint density at radius 2 is 1.43 bits per heavy atom. The quantitative estimate of drug-likeness (QED) is 0.169. The van der Waals surface area contributed by atoms with E-state index in [0.717, 1.165) is 17.2 Å². The van der Waals surface area contributed by atoms with Gasteiger partial charge in [-0.15, -0.1) is 12.4 Å². The highest BCUT2D eigenvalue weighted by molar-refractivity contribution is 5.85. The lowest BCUT2D eigenvalue weighted by molar-refractivity contribution is -0.138. The van der Waals surface area contributed by atoms with Gasteiger partial charge in [-0.25, -0.2) is 0 Å². The molecule has 4 aromatic carbocycles. The highest BCUT2D eigenvalue weighted by Gasteiger charge is 2.30. The van der Waals surface area contributed by atoms with E-state index in [9.17, 15) is 18.0 Å². The van der Waals surface area contributed by atoms with E-state index < -0.39 is 17.7 Å². The fraction of sp³-hybridized carbons (Fsp3) is 0.265. The summed E-state index contributed by atoms with van der Waals surface area (Å²) in [4.78, 5) is 13.3. The summed E-state index contributed by atoms with van der Waals surface area (Å²) in [6.45, 7) is 3.48. The Morgan fingerprint density at radius 1 is 0.833 bits per heavy atom. The third kappa shape index (κ3) is 9.93. The number of hydrogen-bond acceptors (Lipinski definition) is 3. The Hall–Kier alpha value is -3.81. The Balaban J connectivity index is 0.00000484. The molecule has 222 valence electrons. The molecule has 0 radical (unpaired) electrons. The number of benzene rings is 4. The van der Waals surface area contributed by atoms with Crippen LogP contribution in [0.4, 0.5) is 13.2 Å². The van der Waals surface area contributed by atoms with Gasteiger partial charge in [0.2, 0.25) is 0 Å². The highest BCUT2D eigenvalue weighted by Crippen LogP contribution is 2.31. The lowest BCUT2D eigenvalue weighted by Crippen LogP contribution is -2.32. The normalized spacial score (nSPS) is 12.1. The first-order valence-electron chi connectivity index (χ1n) is 13.6. The molecule has 0 aliphatic heterocycles. The average Bonchev–Trinajstić information content (AvgIpc) is 2.95. The Morgan fingerprint density at radius 3 is 2.02 bits per heavy atom. The summed E-state index contributed by atoms with van der Waals surface area (Å²) in [7, 11) is 0. The first-order chi connectivity index (χ1) is 19.7. The van der Waals surface area contributed by atoms with Crippen molar-refractivity contribution in [2.45, 2.75) is 44.5 Å². The maximum absolute atomic E-state index is 13.5. The first kappa shape index (κ1) is 32.7. The Labute approximate surface area is 251 Å². The fourth-order valence-electron chi connectivity index (χ4n) is 4.93. The van der Waals surface area contributed by atoms with E-state index in [1.54, 1.807) is 30.3 Å². The van der Waals surface area contributed by atoms with Gasteiger partial charge in [0.15, 0.2) is 0 Å². The molecule has 0 amide bonds. The largest absolute Gasteiger partial charge is 0.491 e. The minimum atomic E-state index is -4.41. The standard InChI is InChI=1S/C34H34F3NO3.ClH/c1-25(41-31-17-9-10-26(21-31)22-33(39)40)18-19-38(23-27-11-8-16-30(20-27)34(35,36)37)24-32(28-12-4-2-5-13-28)29-14-6-3-7-15-29;/h2-17,20-21,25,32H,18-19,22-24H2,1H3,(H,39,40);1H. The number of rotatable bonds is 13. The number of aliphatic carboxylic acids is 1. The van der Waals surface area contributed by atoms with Crippen molar-refractivity contribution in [1.29, 1.82) is 0 Å². The summed E-state index contributed by atoms with van der Waals surface area (Å²) < 4.78 is 46.5. The van der Waals surface area contributed by atoms with Gasteiger partial charge in [0, 0.05) is 25.6 Å². The molecule has 0 bridgehead atoms.